The van der Waals surface area contributed by atoms with E-state index in [9.17, 15) is 9.59 Å². The Morgan fingerprint density at radius 2 is 1.57 bits per heavy atom. The third-order valence-electron chi connectivity index (χ3n) is 4.27. The first-order valence-corrected chi connectivity index (χ1v) is 15.8. The predicted molar refractivity (Wildman–Crippen MR) is 175 cm³/mol. The Hall–Kier alpha value is -1.80. The molecule has 1 aromatic rings. The third kappa shape index (κ3) is 29.2. The zero-order valence-electron chi connectivity index (χ0n) is 24.8. The molecule has 238 valence electrons. The number of ether oxygens (including phenoxy) is 5. The molecule has 0 aliphatic carbocycles. The fraction of sp³-hybridized carbons (Fsp3) is 0.643. The van der Waals surface area contributed by atoms with Crippen LogP contribution in [0.2, 0.25) is 0 Å². The third-order valence-corrected chi connectivity index (χ3v) is 4.27. The van der Waals surface area contributed by atoms with E-state index in [2.05, 4.69) is 36.1 Å². The van der Waals surface area contributed by atoms with Crippen LogP contribution >= 0.6 is 22.5 Å². The molecule has 0 atom stereocenters. The van der Waals surface area contributed by atoms with E-state index in [1.807, 2.05) is 32.3 Å². The van der Waals surface area contributed by atoms with Crippen LogP contribution in [0.15, 0.2) is 36.4 Å². The number of benzene rings is 1. The SMILES string of the molecule is CC.CC(C)/C=C/CNC(=O)COCCOCCOc1cccc(NC(=O)CCOCCOCCN)c1.CSS.[HH].[HH].[HH]. The van der Waals surface area contributed by atoms with Gasteiger partial charge in [-0.2, -0.15) is 0 Å². The molecule has 0 aromatic heterocycles. The van der Waals surface area contributed by atoms with E-state index in [0.717, 1.165) is 0 Å². The second kappa shape index (κ2) is 31.7. The number of nitrogens with one attached hydrogen (secondary N) is 2. The molecule has 1 aromatic carbocycles. The van der Waals surface area contributed by atoms with E-state index in [-0.39, 0.29) is 29.1 Å². The van der Waals surface area contributed by atoms with Gasteiger partial charge in [-0.3, -0.25) is 9.59 Å². The van der Waals surface area contributed by atoms with Gasteiger partial charge in [-0.1, -0.05) is 45.9 Å². The van der Waals surface area contributed by atoms with Crippen molar-refractivity contribution in [3.63, 3.8) is 0 Å². The van der Waals surface area contributed by atoms with E-state index in [4.69, 9.17) is 29.4 Å². The van der Waals surface area contributed by atoms with Crippen molar-refractivity contribution in [2.45, 2.75) is 34.1 Å². The number of thiol groups is 1. The number of allylic oxidation sites excluding steroid dienone is 1. The molecule has 12 heteroatoms. The van der Waals surface area contributed by atoms with Gasteiger partial charge in [0.15, 0.2) is 0 Å². The maximum Gasteiger partial charge on any atom is 0.246 e. The molecule has 40 heavy (non-hydrogen) atoms. The lowest BCUT2D eigenvalue weighted by atomic mass is 10.2. The minimum absolute atomic E-state index is 0. The van der Waals surface area contributed by atoms with Crippen molar-refractivity contribution in [3.05, 3.63) is 36.4 Å². The smallest absolute Gasteiger partial charge is 0.246 e. The number of anilines is 1. The van der Waals surface area contributed by atoms with Gasteiger partial charge in [-0.25, -0.2) is 0 Å². The van der Waals surface area contributed by atoms with Crippen LogP contribution in [0, 0.1) is 5.92 Å². The van der Waals surface area contributed by atoms with Crippen molar-refractivity contribution >= 4 is 40.0 Å². The number of carbonyl (C=O) groups excluding carboxylic acids is 2. The molecule has 0 bridgehead atoms. The molecule has 0 fully saturated rings. The second-order valence-corrected chi connectivity index (χ2v) is 9.47. The highest BCUT2D eigenvalue weighted by Gasteiger charge is 2.04. The van der Waals surface area contributed by atoms with Crippen LogP contribution in [0.3, 0.4) is 0 Å². The molecule has 0 heterocycles. The van der Waals surface area contributed by atoms with Gasteiger partial charge in [0.1, 0.15) is 19.0 Å². The van der Waals surface area contributed by atoms with Gasteiger partial charge in [0.05, 0.1) is 52.7 Å². The zero-order valence-corrected chi connectivity index (χ0v) is 26.5. The van der Waals surface area contributed by atoms with Crippen molar-refractivity contribution in [3.8, 4) is 5.75 Å². The van der Waals surface area contributed by atoms with Crippen molar-refractivity contribution in [2.75, 3.05) is 84.1 Å². The van der Waals surface area contributed by atoms with E-state index >= 15 is 0 Å². The summed E-state index contributed by atoms with van der Waals surface area (Å²) in [5, 5.41) is 5.57. The monoisotopic (exact) mass is 611 g/mol. The largest absolute Gasteiger partial charge is 0.491 e. The first-order chi connectivity index (χ1) is 19.4. The number of rotatable bonds is 21. The first kappa shape index (κ1) is 40.3. The summed E-state index contributed by atoms with van der Waals surface area (Å²) in [6, 6.07) is 7.14. The lowest BCUT2D eigenvalue weighted by Crippen LogP contribution is -2.28. The Balaban J connectivity index is -0.000000564. The lowest BCUT2D eigenvalue weighted by molar-refractivity contribution is -0.126. The zero-order chi connectivity index (χ0) is 30.3. The number of nitrogens with two attached hydrogens (primary N) is 1. The summed E-state index contributed by atoms with van der Waals surface area (Å²) < 4.78 is 26.9. The summed E-state index contributed by atoms with van der Waals surface area (Å²) in [7, 11) is 1.44. The highest BCUT2D eigenvalue weighted by molar-refractivity contribution is 8.68. The summed E-state index contributed by atoms with van der Waals surface area (Å²) in [4.78, 5) is 23.6. The molecule has 4 N–H and O–H groups in total. The van der Waals surface area contributed by atoms with Gasteiger partial charge in [0, 0.05) is 29.1 Å². The molecule has 0 unspecified atom stereocenters. The van der Waals surface area contributed by atoms with E-state index in [0.29, 0.717) is 83.3 Å². The quantitative estimate of drug-likeness (QED) is 0.0676. The Morgan fingerprint density at radius 3 is 2.23 bits per heavy atom. The van der Waals surface area contributed by atoms with Crippen LogP contribution in [-0.2, 0) is 28.5 Å². The molecule has 1 rings (SSSR count). The van der Waals surface area contributed by atoms with Crippen LogP contribution in [-0.4, -0.2) is 90.6 Å². The molecule has 0 saturated heterocycles. The standard InChI is InChI=1S/C25H41N3O7.C2H6.CH4S2.3H2/c1-21(2)5-4-10-27-25(30)20-34-16-15-33-17-18-35-23-7-3-6-22(19-23)28-24(29)8-11-31-13-14-32-12-9-26;1-2;1-3-2;;;/h3-7,19,21H,8-18,20,26H2,1-2H3,(H,27,30)(H,28,29);1-2H3;2H,1H3;3*1H/b5-4+;;;;;. The van der Waals surface area contributed by atoms with Crippen LogP contribution in [0.4, 0.5) is 5.69 Å². The summed E-state index contributed by atoms with van der Waals surface area (Å²) in [6.45, 7) is 12.2. The molecular formula is C28H57N3O7S2. The van der Waals surface area contributed by atoms with E-state index in [1.165, 1.54) is 10.8 Å². The van der Waals surface area contributed by atoms with Gasteiger partial charge >= 0.3 is 0 Å². The molecule has 0 radical (unpaired) electrons. The summed E-state index contributed by atoms with van der Waals surface area (Å²) in [5.74, 6) is 0.783. The molecule has 0 aliphatic heterocycles. The molecule has 2 amide bonds. The van der Waals surface area contributed by atoms with Crippen molar-refractivity contribution in [1.82, 2.24) is 5.32 Å². The maximum atomic E-state index is 12.0. The Bertz CT molecular complexity index is 772. The van der Waals surface area contributed by atoms with Crippen molar-refractivity contribution in [2.24, 2.45) is 11.7 Å². The Morgan fingerprint density at radius 1 is 0.975 bits per heavy atom. The topological polar surface area (TPSA) is 130 Å². The Kier molecular flexibility index (Phi) is 32.0. The molecule has 0 aliphatic rings. The Labute approximate surface area is 254 Å². The summed E-state index contributed by atoms with van der Waals surface area (Å²) in [6.07, 6.45) is 6.11. The van der Waals surface area contributed by atoms with E-state index in [1.54, 1.807) is 24.3 Å². The van der Waals surface area contributed by atoms with Crippen molar-refractivity contribution in [1.29, 1.82) is 0 Å². The minimum Gasteiger partial charge on any atom is -0.491 e. The van der Waals surface area contributed by atoms with Crippen molar-refractivity contribution < 1.29 is 37.6 Å². The first-order valence-electron chi connectivity index (χ1n) is 13.6. The fourth-order valence-corrected chi connectivity index (χ4v) is 2.62. The van der Waals surface area contributed by atoms with Crippen LogP contribution in [0.5, 0.6) is 5.75 Å². The van der Waals surface area contributed by atoms with Crippen LogP contribution in [0.1, 0.15) is 38.4 Å². The normalized spacial score (nSPS) is 10.4. The maximum absolute atomic E-state index is 12.0. The predicted octanol–water partition coefficient (Wildman–Crippen LogP) is 4.71. The average Bonchev–Trinajstić information content (AvgIpc) is 2.93. The highest BCUT2D eigenvalue weighted by Crippen LogP contribution is 2.17. The highest BCUT2D eigenvalue weighted by atomic mass is 33.1. The van der Waals surface area contributed by atoms with Crippen LogP contribution in [0.25, 0.3) is 0 Å². The second-order valence-electron chi connectivity index (χ2n) is 8.01. The number of amides is 2. The molecule has 0 spiro atoms. The number of hydrogen-bond acceptors (Lipinski definition) is 10. The average molecular weight is 612 g/mol. The summed E-state index contributed by atoms with van der Waals surface area (Å²) in [5.41, 5.74) is 5.97. The number of hydrogen-bond donors (Lipinski definition) is 4. The lowest BCUT2D eigenvalue weighted by Gasteiger charge is -2.10. The molecule has 10 nitrogen and oxygen atoms in total. The van der Waals surface area contributed by atoms with Gasteiger partial charge in [0.25, 0.3) is 0 Å². The fourth-order valence-electron chi connectivity index (χ4n) is 2.62. The van der Waals surface area contributed by atoms with Gasteiger partial charge in [-0.05, 0) is 24.3 Å². The van der Waals surface area contributed by atoms with Crippen LogP contribution < -0.4 is 21.1 Å². The van der Waals surface area contributed by atoms with E-state index < -0.39 is 0 Å². The summed E-state index contributed by atoms with van der Waals surface area (Å²) >= 11 is 3.71. The molecular weight excluding hydrogens is 554 g/mol. The van der Waals surface area contributed by atoms with Gasteiger partial charge < -0.3 is 40.1 Å². The molecule has 0 saturated carbocycles. The van der Waals surface area contributed by atoms with Gasteiger partial charge in [0.2, 0.25) is 11.8 Å². The van der Waals surface area contributed by atoms with Gasteiger partial charge in [-0.15, -0.1) is 22.5 Å². The minimum atomic E-state index is -0.158. The number of carbonyl (C=O) groups is 2.